The van der Waals surface area contributed by atoms with Gasteiger partial charge in [-0.3, -0.25) is 4.79 Å². The second-order valence-electron chi connectivity index (χ2n) is 7.64. The second kappa shape index (κ2) is 6.58. The number of hydrogen-bond donors (Lipinski definition) is 0. The minimum atomic E-state index is -1.21. The fraction of sp³-hybridized carbons (Fsp3) is 0.500. The number of rotatable bonds is 5. The van der Waals surface area contributed by atoms with Crippen LogP contribution in [0.15, 0.2) is 35.4 Å². The van der Waals surface area contributed by atoms with Gasteiger partial charge in [0.15, 0.2) is 0 Å². The fourth-order valence-electron chi connectivity index (χ4n) is 3.90. The van der Waals surface area contributed by atoms with Gasteiger partial charge in [-0.1, -0.05) is 67.4 Å². The van der Waals surface area contributed by atoms with Crippen LogP contribution in [0.3, 0.4) is 0 Å². The first kappa shape index (κ1) is 19.2. The van der Waals surface area contributed by atoms with E-state index in [1.807, 2.05) is 51.1 Å². The van der Waals surface area contributed by atoms with Gasteiger partial charge in [-0.15, -0.1) is 0 Å². The van der Waals surface area contributed by atoms with Crippen molar-refractivity contribution in [2.45, 2.75) is 45.6 Å². The Bertz CT molecular complexity index is 771. The number of benzene rings is 1. The highest BCUT2D eigenvalue weighted by molar-refractivity contribution is 6.54. The molecule has 0 spiro atoms. The van der Waals surface area contributed by atoms with Gasteiger partial charge < -0.3 is 9.47 Å². The maximum absolute atomic E-state index is 12.8. The molecule has 1 heterocycles. The first-order chi connectivity index (χ1) is 12.2. The molecule has 0 radical (unpaired) electrons. The Morgan fingerprint density at radius 3 is 2.35 bits per heavy atom. The lowest BCUT2D eigenvalue weighted by Gasteiger charge is -2.34. The van der Waals surface area contributed by atoms with Crippen LogP contribution in [0.5, 0.6) is 0 Å². The molecule has 2 aliphatic rings. The van der Waals surface area contributed by atoms with Crippen LogP contribution in [0.2, 0.25) is 0 Å². The Morgan fingerprint density at radius 2 is 1.81 bits per heavy atom. The van der Waals surface area contributed by atoms with Crippen LogP contribution in [0.25, 0.3) is 5.03 Å². The zero-order valence-corrected chi connectivity index (χ0v) is 16.6. The Balaban J connectivity index is 1.66. The molecule has 4 nitrogen and oxygen atoms in total. The van der Waals surface area contributed by atoms with Gasteiger partial charge >= 0.3 is 11.9 Å². The molecule has 0 N–H and O–H groups in total. The van der Waals surface area contributed by atoms with Crippen LogP contribution in [0.1, 0.15) is 45.6 Å². The third kappa shape index (κ3) is 2.66. The van der Waals surface area contributed by atoms with E-state index in [-0.39, 0.29) is 12.6 Å². The SMILES string of the molecule is CC12CCC(C(=O)OCC/C(Cl)=C(\Cl)c3ccccc3)(OC1=O)C2(C)C. The number of carbonyl (C=O) groups is 2. The van der Waals surface area contributed by atoms with E-state index in [1.54, 1.807) is 0 Å². The molecule has 1 saturated carbocycles. The van der Waals surface area contributed by atoms with E-state index in [9.17, 15) is 9.59 Å². The number of hydrogen-bond acceptors (Lipinski definition) is 4. The molecule has 26 heavy (non-hydrogen) atoms. The van der Waals surface area contributed by atoms with Crippen LogP contribution in [0.4, 0.5) is 0 Å². The van der Waals surface area contributed by atoms with Crippen molar-refractivity contribution < 1.29 is 19.1 Å². The minimum absolute atomic E-state index is 0.0762. The Morgan fingerprint density at radius 1 is 1.15 bits per heavy atom. The third-order valence-electron chi connectivity index (χ3n) is 6.23. The molecule has 0 amide bonds. The molecule has 1 aromatic carbocycles. The van der Waals surface area contributed by atoms with Gasteiger partial charge in [0.2, 0.25) is 5.60 Å². The maximum Gasteiger partial charge on any atom is 0.351 e. The van der Waals surface area contributed by atoms with Crippen molar-refractivity contribution in [3.63, 3.8) is 0 Å². The zero-order chi connectivity index (χ0) is 19.2. The quantitative estimate of drug-likeness (QED) is 0.664. The smallest absolute Gasteiger partial charge is 0.351 e. The van der Waals surface area contributed by atoms with Gasteiger partial charge in [-0.05, 0) is 25.3 Å². The van der Waals surface area contributed by atoms with Crippen LogP contribution in [-0.4, -0.2) is 24.1 Å². The highest BCUT2D eigenvalue weighted by Crippen LogP contribution is 2.65. The molecule has 2 bridgehead atoms. The van der Waals surface area contributed by atoms with Gasteiger partial charge in [0.25, 0.3) is 0 Å². The Labute approximate surface area is 163 Å². The summed E-state index contributed by atoms with van der Waals surface area (Å²) >= 11 is 12.5. The monoisotopic (exact) mass is 396 g/mol. The molecule has 2 fully saturated rings. The van der Waals surface area contributed by atoms with E-state index in [0.717, 1.165) is 5.56 Å². The van der Waals surface area contributed by atoms with Crippen molar-refractivity contribution in [2.24, 2.45) is 10.8 Å². The Hall–Kier alpha value is -1.52. The van der Waals surface area contributed by atoms with Crippen LogP contribution >= 0.6 is 23.2 Å². The molecule has 2 unspecified atom stereocenters. The molecule has 2 atom stereocenters. The summed E-state index contributed by atoms with van der Waals surface area (Å²) in [6, 6.07) is 9.34. The molecule has 3 rings (SSSR count). The maximum atomic E-state index is 12.8. The van der Waals surface area contributed by atoms with E-state index < -0.39 is 22.4 Å². The van der Waals surface area contributed by atoms with Gasteiger partial charge in [0.1, 0.15) is 0 Å². The van der Waals surface area contributed by atoms with Crippen molar-refractivity contribution in [1.82, 2.24) is 0 Å². The average molecular weight is 397 g/mol. The van der Waals surface area contributed by atoms with E-state index in [4.69, 9.17) is 32.7 Å². The number of ether oxygens (including phenoxy) is 2. The van der Waals surface area contributed by atoms with Crippen molar-refractivity contribution in [3.05, 3.63) is 40.9 Å². The molecule has 1 aliphatic heterocycles. The van der Waals surface area contributed by atoms with Crippen molar-refractivity contribution >= 4 is 40.2 Å². The highest BCUT2D eigenvalue weighted by atomic mass is 35.5. The second-order valence-corrected chi connectivity index (χ2v) is 8.48. The highest BCUT2D eigenvalue weighted by Gasteiger charge is 2.76. The predicted molar refractivity (Wildman–Crippen MR) is 101 cm³/mol. The molecule has 140 valence electrons. The van der Waals surface area contributed by atoms with Gasteiger partial charge in [0.05, 0.1) is 17.1 Å². The fourth-order valence-corrected chi connectivity index (χ4v) is 4.31. The molecular weight excluding hydrogens is 375 g/mol. The molecule has 0 aromatic heterocycles. The van der Waals surface area contributed by atoms with E-state index in [1.165, 1.54) is 0 Å². The lowest BCUT2D eigenvalue weighted by Crippen LogP contribution is -2.48. The lowest BCUT2D eigenvalue weighted by molar-refractivity contribution is -0.183. The van der Waals surface area contributed by atoms with Crippen LogP contribution in [0, 0.1) is 10.8 Å². The summed E-state index contributed by atoms with van der Waals surface area (Å²) in [5.41, 5.74) is -1.67. The van der Waals surface area contributed by atoms with Gasteiger partial charge in [-0.25, -0.2) is 4.79 Å². The van der Waals surface area contributed by atoms with Crippen LogP contribution in [-0.2, 0) is 19.1 Å². The molecule has 1 aromatic rings. The number of fused-ring (bicyclic) bond motifs is 2. The summed E-state index contributed by atoms with van der Waals surface area (Å²) in [7, 11) is 0. The molecule has 6 heteroatoms. The average Bonchev–Trinajstić information content (AvgIpc) is 2.92. The normalized spacial score (nSPS) is 30.0. The summed E-state index contributed by atoms with van der Waals surface area (Å²) in [4.78, 5) is 25.0. The first-order valence-electron chi connectivity index (χ1n) is 8.66. The summed E-state index contributed by atoms with van der Waals surface area (Å²) in [6.45, 7) is 5.72. The van der Waals surface area contributed by atoms with E-state index >= 15 is 0 Å². The van der Waals surface area contributed by atoms with Gasteiger partial charge in [-0.2, -0.15) is 0 Å². The van der Waals surface area contributed by atoms with Crippen molar-refractivity contribution in [1.29, 1.82) is 0 Å². The van der Waals surface area contributed by atoms with Crippen molar-refractivity contribution in [2.75, 3.05) is 6.61 Å². The first-order valence-corrected chi connectivity index (χ1v) is 9.41. The van der Waals surface area contributed by atoms with Crippen LogP contribution < -0.4 is 0 Å². The Kier molecular flexibility index (Phi) is 4.87. The summed E-state index contributed by atoms with van der Waals surface area (Å²) in [5.74, 6) is -0.826. The third-order valence-corrected chi connectivity index (χ3v) is 7.15. The van der Waals surface area contributed by atoms with E-state index in [2.05, 4.69) is 0 Å². The zero-order valence-electron chi connectivity index (χ0n) is 15.1. The number of esters is 2. The summed E-state index contributed by atoms with van der Waals surface area (Å²) in [5, 5.41) is 0.852. The lowest BCUT2D eigenvalue weighted by atomic mass is 9.66. The summed E-state index contributed by atoms with van der Waals surface area (Å²) < 4.78 is 11.0. The van der Waals surface area contributed by atoms with Crippen molar-refractivity contribution in [3.8, 4) is 0 Å². The predicted octanol–water partition coefficient (Wildman–Crippen LogP) is 4.89. The number of halogens is 2. The standard InChI is InChI=1S/C20H22Cl2O4/c1-18(2)19(3)10-11-20(18,26-16(19)23)17(24)25-12-9-14(21)15(22)13-7-5-4-6-8-13/h4-8H,9-12H2,1-3H3/b15-14+. The molecular formula is C20H22Cl2O4. The molecule has 1 saturated heterocycles. The summed E-state index contributed by atoms with van der Waals surface area (Å²) in [6.07, 6.45) is 1.40. The van der Waals surface area contributed by atoms with E-state index in [0.29, 0.717) is 29.3 Å². The van der Waals surface area contributed by atoms with Gasteiger partial charge in [0, 0.05) is 16.9 Å². The number of carbonyl (C=O) groups excluding carboxylic acids is 2. The molecule has 1 aliphatic carbocycles. The minimum Gasteiger partial charge on any atom is -0.462 e. The largest absolute Gasteiger partial charge is 0.462 e. The topological polar surface area (TPSA) is 52.6 Å².